The van der Waals surface area contributed by atoms with Crippen LogP contribution in [-0.2, 0) is 17.1 Å². The molecule has 6 heteroatoms. The summed E-state index contributed by atoms with van der Waals surface area (Å²) in [5, 5.41) is 0. The van der Waals surface area contributed by atoms with Crippen LogP contribution in [0.2, 0.25) is 0 Å². The molecule has 0 bridgehead atoms. The van der Waals surface area contributed by atoms with Crippen LogP contribution < -0.4 is 5.56 Å². The number of halogens is 1. The third kappa shape index (κ3) is 3.94. The van der Waals surface area contributed by atoms with Crippen LogP contribution in [0.4, 0.5) is 0 Å². The van der Waals surface area contributed by atoms with E-state index in [1.54, 1.807) is 18.9 Å². The number of hydrogen-bond donors (Lipinski definition) is 1. The number of thioether (sulfide) groups is 1. The first-order valence-electron chi connectivity index (χ1n) is 6.06. The molecule has 106 valence electrons. The number of nitrogens with one attached hydrogen (secondary N) is 1. The number of nitrogens with zero attached hydrogens (tertiary/aromatic N) is 1. The average molecular weight is 355 g/mol. The highest BCUT2D eigenvalue weighted by Crippen LogP contribution is 2.22. The minimum absolute atomic E-state index is 0.174. The lowest BCUT2D eigenvalue weighted by atomic mass is 10.2. The maximum absolute atomic E-state index is 11.8. The average Bonchev–Trinajstić information content (AvgIpc) is 2.44. The predicted octanol–water partition coefficient (Wildman–Crippen LogP) is 3.28. The summed E-state index contributed by atoms with van der Waals surface area (Å²) >= 11 is 4.86. The van der Waals surface area contributed by atoms with Crippen molar-refractivity contribution in [2.45, 2.75) is 24.2 Å². The highest BCUT2D eigenvalue weighted by Gasteiger charge is 2.09. The number of ether oxygens (including phenoxy) is 1. The quantitative estimate of drug-likeness (QED) is 0.837. The van der Waals surface area contributed by atoms with E-state index in [1.807, 2.05) is 0 Å². The van der Waals surface area contributed by atoms with E-state index in [0.29, 0.717) is 28.4 Å². The van der Waals surface area contributed by atoms with E-state index in [1.165, 1.54) is 5.56 Å². The number of hydrogen-bond acceptors (Lipinski definition) is 4. The minimum atomic E-state index is -0.174. The lowest BCUT2D eigenvalue weighted by Crippen LogP contribution is -2.15. The van der Waals surface area contributed by atoms with Crippen LogP contribution in [-0.4, -0.2) is 17.1 Å². The summed E-state index contributed by atoms with van der Waals surface area (Å²) in [5.41, 5.74) is 1.68. The van der Waals surface area contributed by atoms with Gasteiger partial charge in [0.1, 0.15) is 10.3 Å². The van der Waals surface area contributed by atoms with Gasteiger partial charge in [0.05, 0.1) is 18.1 Å². The number of benzene rings is 1. The van der Waals surface area contributed by atoms with Crippen molar-refractivity contribution in [3.8, 4) is 0 Å². The van der Waals surface area contributed by atoms with Crippen molar-refractivity contribution < 1.29 is 4.74 Å². The molecule has 0 atom stereocenters. The fourth-order valence-corrected chi connectivity index (χ4v) is 2.71. The Bertz CT molecular complexity index is 641. The molecule has 1 heterocycles. The summed E-state index contributed by atoms with van der Waals surface area (Å²) in [6, 6.07) is 8.26. The number of aryl methyl sites for hydroxylation is 1. The molecule has 0 saturated heterocycles. The summed E-state index contributed by atoms with van der Waals surface area (Å²) in [5.74, 6) is 1.26. The monoisotopic (exact) mass is 354 g/mol. The second-order valence-corrected chi connectivity index (χ2v) is 6.15. The smallest absolute Gasteiger partial charge is 0.265 e. The van der Waals surface area contributed by atoms with Crippen molar-refractivity contribution in [1.29, 1.82) is 0 Å². The summed E-state index contributed by atoms with van der Waals surface area (Å²) in [7, 11) is 1.58. The van der Waals surface area contributed by atoms with Gasteiger partial charge in [-0.25, -0.2) is 4.98 Å². The van der Waals surface area contributed by atoms with Crippen molar-refractivity contribution in [2.75, 3.05) is 7.11 Å². The van der Waals surface area contributed by atoms with E-state index in [4.69, 9.17) is 4.74 Å². The van der Waals surface area contributed by atoms with Gasteiger partial charge in [-0.05, 0) is 35.0 Å². The van der Waals surface area contributed by atoms with Gasteiger partial charge in [-0.3, -0.25) is 4.79 Å². The fourth-order valence-electron chi connectivity index (χ4n) is 1.64. The molecule has 20 heavy (non-hydrogen) atoms. The zero-order valence-corrected chi connectivity index (χ0v) is 13.7. The Morgan fingerprint density at radius 1 is 1.35 bits per heavy atom. The largest absolute Gasteiger partial charge is 0.378 e. The third-order valence-corrected chi connectivity index (χ3v) is 4.50. The normalized spacial score (nSPS) is 10.8. The fraction of sp³-hybridized carbons (Fsp3) is 0.286. The lowest BCUT2D eigenvalue weighted by Gasteiger charge is -2.06. The SMILES string of the molecule is COCc1nc(CSc2ccc(C)cc2)[nH]c(=O)c1Br. The van der Waals surface area contributed by atoms with Crippen LogP contribution in [0.5, 0.6) is 0 Å². The van der Waals surface area contributed by atoms with Gasteiger partial charge in [0, 0.05) is 12.0 Å². The van der Waals surface area contributed by atoms with Crippen molar-refractivity contribution in [2.24, 2.45) is 0 Å². The molecule has 0 amide bonds. The Morgan fingerprint density at radius 3 is 2.70 bits per heavy atom. The molecule has 0 fully saturated rings. The van der Waals surface area contributed by atoms with Gasteiger partial charge in [0.15, 0.2) is 0 Å². The maximum atomic E-state index is 11.8. The topological polar surface area (TPSA) is 55.0 Å². The standard InChI is InChI=1S/C14H15BrN2O2S/c1-9-3-5-10(6-4-9)20-8-12-16-11(7-19-2)13(15)14(18)17-12/h3-6H,7-8H2,1-2H3,(H,16,17,18). The first-order valence-corrected chi connectivity index (χ1v) is 7.84. The Morgan fingerprint density at radius 2 is 2.05 bits per heavy atom. The summed E-state index contributed by atoms with van der Waals surface area (Å²) in [6.45, 7) is 2.37. The molecule has 1 aromatic carbocycles. The van der Waals surface area contributed by atoms with E-state index in [2.05, 4.69) is 57.1 Å². The molecule has 0 unspecified atom stereocenters. The van der Waals surface area contributed by atoms with Gasteiger partial charge in [-0.15, -0.1) is 11.8 Å². The molecular weight excluding hydrogens is 340 g/mol. The Labute approximate surface area is 130 Å². The van der Waals surface area contributed by atoms with E-state index in [0.717, 1.165) is 4.90 Å². The third-order valence-electron chi connectivity index (χ3n) is 2.66. The molecule has 2 aromatic rings. The van der Waals surface area contributed by atoms with Gasteiger partial charge in [-0.2, -0.15) is 0 Å². The van der Waals surface area contributed by atoms with E-state index < -0.39 is 0 Å². The number of aromatic nitrogens is 2. The zero-order valence-electron chi connectivity index (χ0n) is 11.3. The van der Waals surface area contributed by atoms with Crippen molar-refractivity contribution in [1.82, 2.24) is 9.97 Å². The molecule has 0 aliphatic heterocycles. The van der Waals surface area contributed by atoms with Crippen LogP contribution >= 0.6 is 27.7 Å². The summed E-state index contributed by atoms with van der Waals surface area (Å²) < 4.78 is 5.48. The van der Waals surface area contributed by atoms with E-state index >= 15 is 0 Å². The molecule has 0 aliphatic rings. The lowest BCUT2D eigenvalue weighted by molar-refractivity contribution is 0.180. The maximum Gasteiger partial charge on any atom is 0.265 e. The second kappa shape index (κ2) is 7.06. The Kier molecular flexibility index (Phi) is 5.39. The van der Waals surface area contributed by atoms with Crippen LogP contribution in [0.3, 0.4) is 0 Å². The molecule has 0 spiro atoms. The van der Waals surface area contributed by atoms with E-state index in [9.17, 15) is 4.79 Å². The van der Waals surface area contributed by atoms with Crippen LogP contribution in [0.25, 0.3) is 0 Å². The summed E-state index contributed by atoms with van der Waals surface area (Å²) in [6.07, 6.45) is 0. The molecule has 1 N–H and O–H groups in total. The molecule has 0 aliphatic carbocycles. The Balaban J connectivity index is 2.13. The Hall–Kier alpha value is -1.11. The second-order valence-electron chi connectivity index (χ2n) is 4.31. The predicted molar refractivity (Wildman–Crippen MR) is 84.0 cm³/mol. The number of rotatable bonds is 5. The highest BCUT2D eigenvalue weighted by molar-refractivity contribution is 9.10. The van der Waals surface area contributed by atoms with Crippen LogP contribution in [0.15, 0.2) is 38.4 Å². The van der Waals surface area contributed by atoms with Crippen molar-refractivity contribution >= 4 is 27.7 Å². The molecular formula is C14H15BrN2O2S. The van der Waals surface area contributed by atoms with Gasteiger partial charge < -0.3 is 9.72 Å². The first kappa shape index (κ1) is 15.3. The van der Waals surface area contributed by atoms with E-state index in [-0.39, 0.29) is 5.56 Å². The summed E-state index contributed by atoms with van der Waals surface area (Å²) in [4.78, 5) is 20.1. The van der Waals surface area contributed by atoms with Crippen molar-refractivity contribution in [3.63, 3.8) is 0 Å². The molecule has 2 rings (SSSR count). The molecule has 4 nitrogen and oxygen atoms in total. The first-order chi connectivity index (χ1) is 9.60. The van der Waals surface area contributed by atoms with Gasteiger partial charge >= 0.3 is 0 Å². The minimum Gasteiger partial charge on any atom is -0.378 e. The molecule has 0 saturated carbocycles. The van der Waals surface area contributed by atoms with Crippen molar-refractivity contribution in [3.05, 3.63) is 56.2 Å². The molecule has 1 aromatic heterocycles. The zero-order chi connectivity index (χ0) is 14.5. The van der Waals surface area contributed by atoms with Gasteiger partial charge in [0.25, 0.3) is 5.56 Å². The van der Waals surface area contributed by atoms with Crippen LogP contribution in [0, 0.1) is 6.92 Å². The number of methoxy groups -OCH3 is 1. The number of aromatic amines is 1. The van der Waals surface area contributed by atoms with Crippen LogP contribution in [0.1, 0.15) is 17.1 Å². The molecule has 0 radical (unpaired) electrons. The van der Waals surface area contributed by atoms with Gasteiger partial charge in [-0.1, -0.05) is 17.7 Å². The van der Waals surface area contributed by atoms with Gasteiger partial charge in [0.2, 0.25) is 0 Å². The highest BCUT2D eigenvalue weighted by atomic mass is 79.9. The number of H-pyrrole nitrogens is 1.